The van der Waals surface area contributed by atoms with Crippen LogP contribution in [0, 0.1) is 5.92 Å². The summed E-state index contributed by atoms with van der Waals surface area (Å²) in [5, 5.41) is 8.54. The summed E-state index contributed by atoms with van der Waals surface area (Å²) in [4.78, 5) is 0. The highest BCUT2D eigenvalue weighted by Crippen LogP contribution is 2.30. The van der Waals surface area contributed by atoms with Gasteiger partial charge in [-0.2, -0.15) is 0 Å². The van der Waals surface area contributed by atoms with Gasteiger partial charge in [-0.3, -0.25) is 0 Å². The minimum Gasteiger partial charge on any atom is -0.396 e. The van der Waals surface area contributed by atoms with Gasteiger partial charge in [-0.15, -0.1) is 0 Å². The van der Waals surface area contributed by atoms with E-state index in [9.17, 15) is 0 Å². The average molecular weight is 154 g/mol. The Morgan fingerprint density at radius 2 is 2.27 bits per heavy atom. The Labute approximate surface area is 69.1 Å². The molecular weight excluding hydrogens is 136 g/mol. The molecule has 0 heterocycles. The van der Waals surface area contributed by atoms with Crippen LogP contribution in [0.25, 0.3) is 0 Å². The Morgan fingerprint density at radius 3 is 2.73 bits per heavy atom. The van der Waals surface area contributed by atoms with E-state index in [-0.39, 0.29) is 0 Å². The zero-order valence-corrected chi connectivity index (χ0v) is 7.34. The van der Waals surface area contributed by atoms with Gasteiger partial charge in [-0.25, -0.2) is 0 Å². The fourth-order valence-corrected chi connectivity index (χ4v) is 1.49. The van der Waals surface area contributed by atoms with Crippen LogP contribution < -0.4 is 0 Å². The van der Waals surface area contributed by atoms with Crippen LogP contribution in [0.3, 0.4) is 0 Å². The Bertz CT molecular complexity index is 138. The molecule has 1 atom stereocenters. The van der Waals surface area contributed by atoms with Gasteiger partial charge in [-0.1, -0.05) is 25.0 Å². The number of hydrogen-bond donors (Lipinski definition) is 1. The van der Waals surface area contributed by atoms with Gasteiger partial charge < -0.3 is 5.11 Å². The Balaban J connectivity index is 1.95. The van der Waals surface area contributed by atoms with Crippen molar-refractivity contribution in [3.63, 3.8) is 0 Å². The van der Waals surface area contributed by atoms with Crippen LogP contribution in [0.5, 0.6) is 0 Å². The second kappa shape index (κ2) is 4.55. The molecule has 0 saturated heterocycles. The first kappa shape index (κ1) is 8.79. The van der Waals surface area contributed by atoms with Crippen molar-refractivity contribution in [2.75, 3.05) is 6.61 Å². The summed E-state index contributed by atoms with van der Waals surface area (Å²) >= 11 is 0. The molecule has 0 aromatic heterocycles. The minimum atomic E-state index is 0.356. The van der Waals surface area contributed by atoms with E-state index in [4.69, 9.17) is 5.11 Å². The topological polar surface area (TPSA) is 20.2 Å². The lowest BCUT2D eigenvalue weighted by Gasteiger charge is -2.23. The summed E-state index contributed by atoms with van der Waals surface area (Å²) in [6.07, 6.45) is 8.32. The lowest BCUT2D eigenvalue weighted by molar-refractivity contribution is 0.283. The van der Waals surface area contributed by atoms with Crippen LogP contribution in [0.15, 0.2) is 11.6 Å². The largest absolute Gasteiger partial charge is 0.396 e. The second-order valence-electron chi connectivity index (χ2n) is 3.45. The quantitative estimate of drug-likeness (QED) is 0.476. The van der Waals surface area contributed by atoms with Crippen LogP contribution in [-0.2, 0) is 0 Å². The SMILES string of the molecule is CC1CC=C1CCCCCO. The zero-order chi connectivity index (χ0) is 8.10. The van der Waals surface area contributed by atoms with Gasteiger partial charge in [0.1, 0.15) is 0 Å². The predicted octanol–water partition coefficient (Wildman–Crippen LogP) is 2.51. The van der Waals surface area contributed by atoms with Crippen molar-refractivity contribution in [2.45, 2.75) is 39.0 Å². The molecule has 1 aliphatic rings. The van der Waals surface area contributed by atoms with Crippen molar-refractivity contribution >= 4 is 0 Å². The molecule has 64 valence electrons. The molecule has 1 nitrogen and oxygen atoms in total. The zero-order valence-electron chi connectivity index (χ0n) is 7.34. The van der Waals surface area contributed by atoms with E-state index in [0.717, 1.165) is 12.3 Å². The number of hydrogen-bond acceptors (Lipinski definition) is 1. The summed E-state index contributed by atoms with van der Waals surface area (Å²) in [6, 6.07) is 0. The minimum absolute atomic E-state index is 0.356. The summed E-state index contributed by atoms with van der Waals surface area (Å²) in [5.41, 5.74) is 1.64. The maximum atomic E-state index is 8.54. The second-order valence-corrected chi connectivity index (χ2v) is 3.45. The molecule has 0 bridgehead atoms. The summed E-state index contributed by atoms with van der Waals surface area (Å²) in [6.45, 7) is 2.65. The third-order valence-electron chi connectivity index (χ3n) is 2.49. The van der Waals surface area contributed by atoms with Gasteiger partial charge in [-0.05, 0) is 31.6 Å². The Morgan fingerprint density at radius 1 is 1.45 bits per heavy atom. The molecule has 0 aromatic carbocycles. The fourth-order valence-electron chi connectivity index (χ4n) is 1.49. The maximum Gasteiger partial charge on any atom is 0.0431 e. The number of rotatable bonds is 5. The number of allylic oxidation sites excluding steroid dienone is 2. The average Bonchev–Trinajstić information content (AvgIpc) is 2.02. The lowest BCUT2D eigenvalue weighted by atomic mass is 9.83. The third-order valence-corrected chi connectivity index (χ3v) is 2.49. The first-order valence-corrected chi connectivity index (χ1v) is 4.64. The summed E-state index contributed by atoms with van der Waals surface area (Å²) in [7, 11) is 0. The van der Waals surface area contributed by atoms with E-state index in [1.165, 1.54) is 25.7 Å². The molecule has 1 N–H and O–H groups in total. The Kier molecular flexibility index (Phi) is 3.64. The smallest absolute Gasteiger partial charge is 0.0431 e. The molecule has 1 aliphatic carbocycles. The molecule has 1 heteroatoms. The normalized spacial score (nSPS) is 22.7. The highest BCUT2D eigenvalue weighted by molar-refractivity contribution is 5.16. The van der Waals surface area contributed by atoms with E-state index < -0.39 is 0 Å². The summed E-state index contributed by atoms with van der Waals surface area (Å²) < 4.78 is 0. The standard InChI is InChI=1S/C10H18O/c1-9-6-7-10(9)5-3-2-4-8-11/h7,9,11H,2-6,8H2,1H3. The van der Waals surface area contributed by atoms with Crippen LogP contribution in [0.2, 0.25) is 0 Å². The van der Waals surface area contributed by atoms with E-state index in [1.807, 2.05) is 0 Å². The molecule has 0 amide bonds. The van der Waals surface area contributed by atoms with Crippen LogP contribution in [0.4, 0.5) is 0 Å². The molecule has 0 radical (unpaired) electrons. The van der Waals surface area contributed by atoms with Gasteiger partial charge in [0.15, 0.2) is 0 Å². The first-order chi connectivity index (χ1) is 5.34. The third kappa shape index (κ3) is 2.66. The first-order valence-electron chi connectivity index (χ1n) is 4.64. The van der Waals surface area contributed by atoms with Gasteiger partial charge in [0.05, 0.1) is 0 Å². The van der Waals surface area contributed by atoms with E-state index in [0.29, 0.717) is 6.61 Å². The maximum absolute atomic E-state index is 8.54. The van der Waals surface area contributed by atoms with Gasteiger partial charge in [0, 0.05) is 6.61 Å². The van der Waals surface area contributed by atoms with Crippen molar-refractivity contribution in [2.24, 2.45) is 5.92 Å². The van der Waals surface area contributed by atoms with Crippen LogP contribution in [-0.4, -0.2) is 11.7 Å². The van der Waals surface area contributed by atoms with E-state index in [2.05, 4.69) is 13.0 Å². The number of aliphatic hydroxyl groups is 1. The number of aliphatic hydroxyl groups excluding tert-OH is 1. The molecule has 1 rings (SSSR count). The van der Waals surface area contributed by atoms with Crippen LogP contribution in [0.1, 0.15) is 39.0 Å². The van der Waals surface area contributed by atoms with Gasteiger partial charge in [0.25, 0.3) is 0 Å². The molecule has 11 heavy (non-hydrogen) atoms. The molecule has 0 saturated carbocycles. The predicted molar refractivity (Wildman–Crippen MR) is 47.4 cm³/mol. The van der Waals surface area contributed by atoms with Crippen LogP contribution >= 0.6 is 0 Å². The molecule has 0 fully saturated rings. The number of unbranched alkanes of at least 4 members (excludes halogenated alkanes) is 2. The summed E-state index contributed by atoms with van der Waals surface area (Å²) in [5.74, 6) is 0.851. The monoisotopic (exact) mass is 154 g/mol. The molecular formula is C10H18O. The molecule has 1 unspecified atom stereocenters. The van der Waals surface area contributed by atoms with Crippen molar-refractivity contribution in [1.29, 1.82) is 0 Å². The van der Waals surface area contributed by atoms with Crippen molar-refractivity contribution in [1.82, 2.24) is 0 Å². The van der Waals surface area contributed by atoms with E-state index in [1.54, 1.807) is 5.57 Å². The van der Waals surface area contributed by atoms with Crippen molar-refractivity contribution in [3.8, 4) is 0 Å². The van der Waals surface area contributed by atoms with Gasteiger partial charge >= 0.3 is 0 Å². The highest BCUT2D eigenvalue weighted by atomic mass is 16.2. The lowest BCUT2D eigenvalue weighted by Crippen LogP contribution is -2.07. The van der Waals surface area contributed by atoms with E-state index >= 15 is 0 Å². The molecule has 0 spiro atoms. The molecule has 0 aromatic rings. The molecule has 0 aliphatic heterocycles. The van der Waals surface area contributed by atoms with Crippen molar-refractivity contribution in [3.05, 3.63) is 11.6 Å². The fraction of sp³-hybridized carbons (Fsp3) is 0.800. The highest BCUT2D eigenvalue weighted by Gasteiger charge is 2.14. The Hall–Kier alpha value is -0.300. The van der Waals surface area contributed by atoms with Gasteiger partial charge in [0.2, 0.25) is 0 Å². The van der Waals surface area contributed by atoms with Crippen molar-refractivity contribution < 1.29 is 5.11 Å².